The van der Waals surface area contributed by atoms with Crippen molar-refractivity contribution in [2.75, 3.05) is 0 Å². The lowest BCUT2D eigenvalue weighted by atomic mass is 9.86. The molecule has 0 aliphatic heterocycles. The Labute approximate surface area is 163 Å². The highest BCUT2D eigenvalue weighted by Crippen LogP contribution is 2.32. The third-order valence-corrected chi connectivity index (χ3v) is 4.63. The molecule has 1 nitrogen and oxygen atoms in total. The molecule has 0 amide bonds. The van der Waals surface area contributed by atoms with Gasteiger partial charge < -0.3 is 0 Å². The second-order valence-corrected chi connectivity index (χ2v) is 6.76. The van der Waals surface area contributed by atoms with Crippen LogP contribution in [0.25, 0.3) is 12.2 Å². The minimum Gasteiger partial charge on any atom is -0.289 e. The van der Waals surface area contributed by atoms with Gasteiger partial charge in [0.2, 0.25) is 0 Å². The largest absolute Gasteiger partial charge is 0.416 e. The number of allylic oxidation sites excluding steroid dienone is 2. The minimum atomic E-state index is -4.43. The fraction of sp³-hybridized carbons (Fsp3) is 0.227. The molecular formula is C22H16F6O. The fourth-order valence-corrected chi connectivity index (χ4v) is 3.12. The van der Waals surface area contributed by atoms with E-state index in [4.69, 9.17) is 0 Å². The third kappa shape index (κ3) is 5.16. The molecule has 2 aromatic carbocycles. The first-order valence-electron chi connectivity index (χ1n) is 8.84. The molecule has 0 N–H and O–H groups in total. The van der Waals surface area contributed by atoms with E-state index in [-0.39, 0.29) is 5.78 Å². The zero-order valence-corrected chi connectivity index (χ0v) is 15.1. The SMILES string of the molecule is O=C1C(=Cc2ccc(C(F)(F)F)cc2)CCC/C1=C\c1ccc(C(F)(F)F)cc1. The molecule has 0 unspecified atom stereocenters. The second-order valence-electron chi connectivity index (χ2n) is 6.76. The molecule has 29 heavy (non-hydrogen) atoms. The zero-order valence-electron chi connectivity index (χ0n) is 15.1. The highest BCUT2D eigenvalue weighted by Gasteiger charge is 2.30. The Balaban J connectivity index is 1.81. The van der Waals surface area contributed by atoms with Gasteiger partial charge in [0, 0.05) is 11.1 Å². The molecule has 0 saturated heterocycles. The number of carbonyl (C=O) groups excluding carboxylic acids is 1. The Hall–Kier alpha value is -2.83. The Morgan fingerprint density at radius 3 is 1.28 bits per heavy atom. The number of rotatable bonds is 2. The van der Waals surface area contributed by atoms with Crippen LogP contribution >= 0.6 is 0 Å². The maximum Gasteiger partial charge on any atom is 0.416 e. The molecule has 1 aliphatic carbocycles. The lowest BCUT2D eigenvalue weighted by molar-refractivity contribution is -0.138. The number of hydrogen-bond acceptors (Lipinski definition) is 1. The lowest BCUT2D eigenvalue weighted by Gasteiger charge is -2.17. The molecule has 0 radical (unpaired) electrons. The van der Waals surface area contributed by atoms with Crippen LogP contribution in [-0.2, 0) is 17.1 Å². The zero-order chi connectivity index (χ0) is 21.2. The number of Topliss-reactive ketones (excluding diaryl/α,β-unsaturated/α-hetero) is 1. The highest BCUT2D eigenvalue weighted by molar-refractivity contribution is 6.13. The van der Waals surface area contributed by atoms with Crippen molar-refractivity contribution in [3.8, 4) is 0 Å². The Bertz CT molecular complexity index is 867. The lowest BCUT2D eigenvalue weighted by Crippen LogP contribution is -2.12. The van der Waals surface area contributed by atoms with Crippen molar-refractivity contribution in [2.24, 2.45) is 0 Å². The predicted octanol–water partition coefficient (Wildman–Crippen LogP) is 6.94. The van der Waals surface area contributed by atoms with E-state index in [0.29, 0.717) is 41.5 Å². The normalized spacial score (nSPS) is 18.5. The standard InChI is InChI=1S/C22H16F6O/c23-21(24,25)18-8-4-14(5-9-18)12-16-2-1-3-17(20(16)29)13-15-6-10-19(11-7-15)22(26,27)28/h4-13H,1-3H2/b16-12+,17-13?. The molecular weight excluding hydrogens is 394 g/mol. The van der Waals surface area contributed by atoms with Crippen molar-refractivity contribution in [1.82, 2.24) is 0 Å². The van der Waals surface area contributed by atoms with Crippen molar-refractivity contribution in [1.29, 1.82) is 0 Å². The quantitative estimate of drug-likeness (QED) is 0.387. The molecule has 0 aromatic heterocycles. The number of hydrogen-bond donors (Lipinski definition) is 0. The summed E-state index contributed by atoms with van der Waals surface area (Å²) in [5.41, 5.74) is 0.368. The molecule has 3 rings (SSSR count). The van der Waals surface area contributed by atoms with E-state index in [1.54, 1.807) is 12.2 Å². The first-order valence-corrected chi connectivity index (χ1v) is 8.84. The number of benzene rings is 2. The van der Waals surface area contributed by atoms with Crippen LogP contribution in [0.4, 0.5) is 26.3 Å². The Morgan fingerprint density at radius 2 is 0.966 bits per heavy atom. The van der Waals surface area contributed by atoms with Gasteiger partial charge in [0.1, 0.15) is 0 Å². The van der Waals surface area contributed by atoms with Gasteiger partial charge in [0.15, 0.2) is 5.78 Å². The summed E-state index contributed by atoms with van der Waals surface area (Å²) < 4.78 is 75.9. The molecule has 1 fully saturated rings. The van der Waals surface area contributed by atoms with Crippen LogP contribution in [0, 0.1) is 0 Å². The van der Waals surface area contributed by atoms with Gasteiger partial charge in [0.05, 0.1) is 11.1 Å². The van der Waals surface area contributed by atoms with E-state index >= 15 is 0 Å². The molecule has 152 valence electrons. The van der Waals surface area contributed by atoms with Gasteiger partial charge in [0.25, 0.3) is 0 Å². The summed E-state index contributed by atoms with van der Waals surface area (Å²) in [6.07, 6.45) is -4.09. The van der Waals surface area contributed by atoms with Crippen molar-refractivity contribution in [3.05, 3.63) is 81.9 Å². The molecule has 7 heteroatoms. The summed E-state index contributed by atoms with van der Waals surface area (Å²) in [7, 11) is 0. The molecule has 0 spiro atoms. The van der Waals surface area contributed by atoms with E-state index < -0.39 is 23.5 Å². The third-order valence-electron chi connectivity index (χ3n) is 4.63. The van der Waals surface area contributed by atoms with Gasteiger partial charge in [-0.1, -0.05) is 24.3 Å². The van der Waals surface area contributed by atoms with E-state index in [9.17, 15) is 31.1 Å². The molecule has 1 saturated carbocycles. The smallest absolute Gasteiger partial charge is 0.289 e. The maximum absolute atomic E-state index is 12.7. The molecule has 0 bridgehead atoms. The first kappa shape index (κ1) is 20.9. The van der Waals surface area contributed by atoms with Gasteiger partial charge in [-0.25, -0.2) is 0 Å². The van der Waals surface area contributed by atoms with E-state index in [1.165, 1.54) is 24.3 Å². The molecule has 1 aliphatic rings. The van der Waals surface area contributed by atoms with Crippen molar-refractivity contribution >= 4 is 17.9 Å². The molecule has 2 aromatic rings. The summed E-state index contributed by atoms with van der Waals surface area (Å²) >= 11 is 0. The Morgan fingerprint density at radius 1 is 0.621 bits per heavy atom. The number of ketones is 1. The van der Waals surface area contributed by atoms with Gasteiger partial charge >= 0.3 is 12.4 Å². The van der Waals surface area contributed by atoms with Gasteiger partial charge in [-0.05, 0) is 66.8 Å². The fourth-order valence-electron chi connectivity index (χ4n) is 3.12. The van der Waals surface area contributed by atoms with Crippen LogP contribution in [0.5, 0.6) is 0 Å². The minimum absolute atomic E-state index is 0.240. The van der Waals surface area contributed by atoms with E-state index in [1.807, 2.05) is 0 Å². The summed E-state index contributed by atoms with van der Waals surface area (Å²) in [6.45, 7) is 0. The van der Waals surface area contributed by atoms with Crippen molar-refractivity contribution in [2.45, 2.75) is 31.6 Å². The van der Waals surface area contributed by atoms with Crippen LogP contribution in [0.2, 0.25) is 0 Å². The summed E-state index contributed by atoms with van der Waals surface area (Å²) in [5.74, 6) is -0.240. The monoisotopic (exact) mass is 410 g/mol. The summed E-state index contributed by atoms with van der Waals surface area (Å²) in [6, 6.07) is 9.04. The first-order chi connectivity index (χ1) is 13.5. The van der Waals surface area contributed by atoms with Crippen LogP contribution in [-0.4, -0.2) is 5.78 Å². The number of alkyl halides is 6. The van der Waals surface area contributed by atoms with Gasteiger partial charge in [-0.15, -0.1) is 0 Å². The summed E-state index contributed by atoms with van der Waals surface area (Å²) in [5, 5.41) is 0. The topological polar surface area (TPSA) is 17.1 Å². The van der Waals surface area contributed by atoms with E-state index in [0.717, 1.165) is 24.3 Å². The number of carbonyl (C=O) groups is 1. The van der Waals surface area contributed by atoms with Gasteiger partial charge in [-0.3, -0.25) is 4.79 Å². The van der Waals surface area contributed by atoms with Crippen molar-refractivity contribution < 1.29 is 31.1 Å². The average molecular weight is 410 g/mol. The average Bonchev–Trinajstić information content (AvgIpc) is 2.64. The predicted molar refractivity (Wildman–Crippen MR) is 97.7 cm³/mol. The highest BCUT2D eigenvalue weighted by atomic mass is 19.4. The molecule has 0 heterocycles. The molecule has 0 atom stereocenters. The van der Waals surface area contributed by atoms with Crippen LogP contribution in [0.15, 0.2) is 59.7 Å². The van der Waals surface area contributed by atoms with Crippen LogP contribution in [0.1, 0.15) is 41.5 Å². The number of halogens is 6. The Kier molecular flexibility index (Phi) is 5.68. The van der Waals surface area contributed by atoms with Crippen molar-refractivity contribution in [3.63, 3.8) is 0 Å². The van der Waals surface area contributed by atoms with E-state index in [2.05, 4.69) is 0 Å². The van der Waals surface area contributed by atoms with Crippen LogP contribution < -0.4 is 0 Å². The summed E-state index contributed by atoms with van der Waals surface area (Å²) in [4.78, 5) is 12.7. The van der Waals surface area contributed by atoms with Crippen LogP contribution in [0.3, 0.4) is 0 Å². The second kappa shape index (κ2) is 7.89. The maximum atomic E-state index is 12.7. The van der Waals surface area contributed by atoms with Gasteiger partial charge in [-0.2, -0.15) is 26.3 Å².